The second kappa shape index (κ2) is 11.9. The van der Waals surface area contributed by atoms with Gasteiger partial charge in [0, 0.05) is 27.6 Å². The molecule has 0 fully saturated rings. The summed E-state index contributed by atoms with van der Waals surface area (Å²) in [7, 11) is 0. The van der Waals surface area contributed by atoms with E-state index < -0.39 is 10.9 Å². The van der Waals surface area contributed by atoms with Gasteiger partial charge in [-0.1, -0.05) is 45.8 Å². The summed E-state index contributed by atoms with van der Waals surface area (Å²) in [5, 5.41) is 15.8. The number of hydrogen-bond donors (Lipinski definition) is 1. The van der Waals surface area contributed by atoms with Crippen LogP contribution in [0.5, 0.6) is 5.75 Å². The first-order valence-corrected chi connectivity index (χ1v) is 13.1. The number of aryl methyl sites for hydroxylation is 1. The monoisotopic (exact) mass is 608 g/mol. The molecule has 202 valence electrons. The van der Waals surface area contributed by atoms with Gasteiger partial charge < -0.3 is 4.74 Å². The zero-order chi connectivity index (χ0) is 28.9. The van der Waals surface area contributed by atoms with Crippen LogP contribution in [0.2, 0.25) is 0 Å². The van der Waals surface area contributed by atoms with E-state index in [0.717, 1.165) is 21.7 Å². The number of amides is 1. The summed E-state index contributed by atoms with van der Waals surface area (Å²) < 4.78 is 6.25. The Hall–Kier alpha value is -5.22. The molecule has 1 heterocycles. The van der Waals surface area contributed by atoms with Gasteiger partial charge in [0.2, 0.25) is 0 Å². The van der Waals surface area contributed by atoms with Crippen molar-refractivity contribution in [1.29, 1.82) is 0 Å². The van der Waals surface area contributed by atoms with Crippen molar-refractivity contribution in [3.8, 4) is 17.0 Å². The number of nitrogens with zero attached hydrogens (tertiary/aromatic N) is 3. The second-order valence-corrected chi connectivity index (χ2v) is 9.96. The van der Waals surface area contributed by atoms with Gasteiger partial charge in [-0.2, -0.15) is 5.10 Å². The number of carbonyl (C=O) groups excluding carboxylic acids is 2. The number of ether oxygens (including phenoxy) is 1. The molecule has 0 aliphatic carbocycles. The molecule has 0 saturated carbocycles. The molecule has 0 saturated heterocycles. The summed E-state index contributed by atoms with van der Waals surface area (Å²) >= 11 is 3.44. The normalized spacial score (nSPS) is 11.0. The van der Waals surface area contributed by atoms with Crippen LogP contribution in [0.4, 0.5) is 5.69 Å². The molecule has 1 amide bonds. The van der Waals surface area contributed by atoms with Gasteiger partial charge >= 0.3 is 5.97 Å². The molecule has 41 heavy (non-hydrogen) atoms. The van der Waals surface area contributed by atoms with Crippen molar-refractivity contribution in [2.45, 2.75) is 6.92 Å². The fourth-order valence-electron chi connectivity index (χ4n) is 4.06. The molecule has 0 bridgehead atoms. The number of pyridine rings is 1. The molecular weight excluding hydrogens is 588 g/mol. The largest absolute Gasteiger partial charge is 0.423 e. The van der Waals surface area contributed by atoms with Gasteiger partial charge in [-0.3, -0.25) is 14.9 Å². The van der Waals surface area contributed by atoms with Crippen LogP contribution >= 0.6 is 15.9 Å². The SMILES string of the molecule is Cc1ccc2nc(-c3ccc(Br)cc3)cc(C(=O)NN=Cc3ccc(OC(=O)c4cccc([N+](=O)[O-])c4)cc3)c2c1. The summed E-state index contributed by atoms with van der Waals surface area (Å²) in [6, 6.07) is 26.9. The van der Waals surface area contributed by atoms with Crippen molar-refractivity contribution in [1.82, 2.24) is 10.4 Å². The maximum Gasteiger partial charge on any atom is 0.343 e. The Morgan fingerprint density at radius 2 is 1.73 bits per heavy atom. The first kappa shape index (κ1) is 27.4. The first-order valence-electron chi connectivity index (χ1n) is 12.3. The number of aromatic nitrogens is 1. The maximum atomic E-state index is 13.2. The Labute approximate surface area is 242 Å². The number of carbonyl (C=O) groups is 2. The molecule has 5 aromatic rings. The standard InChI is InChI=1S/C31H21BrN4O5/c1-19-5-14-28-26(15-19)27(17-29(34-28)21-8-10-23(32)11-9-21)30(37)35-33-18-20-6-12-25(13-7-20)41-31(38)22-3-2-4-24(16-22)36(39)40/h2-18H,1H3,(H,35,37). The molecule has 0 spiro atoms. The Morgan fingerprint density at radius 3 is 2.46 bits per heavy atom. The summed E-state index contributed by atoms with van der Waals surface area (Å²) in [6.45, 7) is 1.95. The minimum absolute atomic E-state index is 0.0645. The Bertz CT molecular complexity index is 1820. The molecule has 1 aromatic heterocycles. The molecule has 9 nitrogen and oxygen atoms in total. The van der Waals surface area contributed by atoms with E-state index in [2.05, 4.69) is 26.5 Å². The van der Waals surface area contributed by atoms with Crippen LogP contribution in [0.3, 0.4) is 0 Å². The predicted octanol–water partition coefficient (Wildman–Crippen LogP) is 6.86. The van der Waals surface area contributed by atoms with Gasteiger partial charge in [-0.25, -0.2) is 15.2 Å². The van der Waals surface area contributed by atoms with E-state index in [4.69, 9.17) is 9.72 Å². The average molecular weight is 609 g/mol. The highest BCUT2D eigenvalue weighted by atomic mass is 79.9. The molecule has 4 aromatic carbocycles. The molecule has 0 atom stereocenters. The molecular formula is C31H21BrN4O5. The lowest BCUT2D eigenvalue weighted by Crippen LogP contribution is -2.18. The van der Waals surface area contributed by atoms with Gasteiger partial charge in [0.15, 0.2) is 0 Å². The van der Waals surface area contributed by atoms with Crippen LogP contribution in [-0.4, -0.2) is 28.0 Å². The van der Waals surface area contributed by atoms with Crippen LogP contribution in [0.15, 0.2) is 107 Å². The Kier molecular flexibility index (Phi) is 7.93. The van der Waals surface area contributed by atoms with Crippen LogP contribution in [0.25, 0.3) is 22.2 Å². The van der Waals surface area contributed by atoms with Crippen molar-refractivity contribution >= 4 is 50.6 Å². The van der Waals surface area contributed by atoms with Crippen molar-refractivity contribution in [3.05, 3.63) is 134 Å². The quantitative estimate of drug-likeness (QED) is 0.0707. The number of rotatable bonds is 7. The van der Waals surface area contributed by atoms with Crippen molar-refractivity contribution in [2.24, 2.45) is 5.10 Å². The molecule has 0 unspecified atom stereocenters. The number of fused-ring (bicyclic) bond motifs is 1. The smallest absolute Gasteiger partial charge is 0.343 e. The average Bonchev–Trinajstić information content (AvgIpc) is 2.98. The van der Waals surface area contributed by atoms with E-state index in [9.17, 15) is 19.7 Å². The lowest BCUT2D eigenvalue weighted by molar-refractivity contribution is -0.384. The van der Waals surface area contributed by atoms with E-state index in [-0.39, 0.29) is 22.9 Å². The number of nitrogens with one attached hydrogen (secondary N) is 1. The highest BCUT2D eigenvalue weighted by Crippen LogP contribution is 2.27. The van der Waals surface area contributed by atoms with Gasteiger partial charge in [-0.05, 0) is 73.2 Å². The molecule has 0 aliphatic heterocycles. The lowest BCUT2D eigenvalue weighted by Gasteiger charge is -2.10. The summed E-state index contributed by atoms with van der Waals surface area (Å²) in [5.74, 6) is -0.855. The van der Waals surface area contributed by atoms with Crippen molar-refractivity contribution in [3.63, 3.8) is 0 Å². The number of esters is 1. The second-order valence-electron chi connectivity index (χ2n) is 9.05. The van der Waals surface area contributed by atoms with Gasteiger partial charge in [0.25, 0.3) is 11.6 Å². The highest BCUT2D eigenvalue weighted by Gasteiger charge is 2.15. The van der Waals surface area contributed by atoms with Gasteiger partial charge in [0.05, 0.1) is 33.5 Å². The zero-order valence-corrected chi connectivity index (χ0v) is 23.2. The third-order valence-corrected chi connectivity index (χ3v) is 6.64. The van der Waals surface area contributed by atoms with Crippen molar-refractivity contribution < 1.29 is 19.2 Å². The van der Waals surface area contributed by atoms with E-state index in [1.54, 1.807) is 30.3 Å². The first-order chi connectivity index (χ1) is 19.8. The highest BCUT2D eigenvalue weighted by molar-refractivity contribution is 9.10. The number of nitro groups is 1. The van der Waals surface area contributed by atoms with Crippen LogP contribution < -0.4 is 10.2 Å². The summed E-state index contributed by atoms with van der Waals surface area (Å²) in [4.78, 5) is 40.7. The number of halogens is 1. The van der Waals surface area contributed by atoms with Crippen LogP contribution in [0.1, 0.15) is 31.8 Å². The Balaban J connectivity index is 1.30. The third-order valence-electron chi connectivity index (χ3n) is 6.11. The number of hydrogen-bond acceptors (Lipinski definition) is 7. The lowest BCUT2D eigenvalue weighted by atomic mass is 10.0. The minimum atomic E-state index is -0.718. The van der Waals surface area contributed by atoms with Crippen LogP contribution in [0, 0.1) is 17.0 Å². The van der Waals surface area contributed by atoms with E-state index >= 15 is 0 Å². The molecule has 0 radical (unpaired) electrons. The minimum Gasteiger partial charge on any atom is -0.423 e. The van der Waals surface area contributed by atoms with Gasteiger partial charge in [-0.15, -0.1) is 0 Å². The van der Waals surface area contributed by atoms with Crippen LogP contribution in [-0.2, 0) is 0 Å². The third kappa shape index (κ3) is 6.51. The number of nitro benzene ring substituents is 1. The molecule has 10 heteroatoms. The fourth-order valence-corrected chi connectivity index (χ4v) is 4.32. The summed E-state index contributed by atoms with van der Waals surface area (Å²) in [6.07, 6.45) is 1.47. The Morgan fingerprint density at radius 1 is 0.976 bits per heavy atom. The van der Waals surface area contributed by atoms with E-state index in [0.29, 0.717) is 27.7 Å². The fraction of sp³-hybridized carbons (Fsp3) is 0.0323. The van der Waals surface area contributed by atoms with Gasteiger partial charge in [0.1, 0.15) is 5.75 Å². The topological polar surface area (TPSA) is 124 Å². The zero-order valence-electron chi connectivity index (χ0n) is 21.6. The molecule has 0 aliphatic rings. The number of benzene rings is 4. The predicted molar refractivity (Wildman–Crippen MR) is 159 cm³/mol. The summed E-state index contributed by atoms with van der Waals surface area (Å²) in [5.41, 5.74) is 6.77. The number of hydrazone groups is 1. The maximum absolute atomic E-state index is 13.2. The van der Waals surface area contributed by atoms with E-state index in [1.807, 2.05) is 49.4 Å². The molecule has 5 rings (SSSR count). The van der Waals surface area contributed by atoms with Crippen molar-refractivity contribution in [2.75, 3.05) is 0 Å². The number of non-ortho nitro benzene ring substituents is 1. The molecule has 1 N–H and O–H groups in total. The van der Waals surface area contributed by atoms with E-state index in [1.165, 1.54) is 24.4 Å².